The van der Waals surface area contributed by atoms with E-state index in [9.17, 15) is 0 Å². The minimum absolute atomic E-state index is 0.397. The number of aromatic nitrogens is 2. The maximum Gasteiger partial charge on any atom is 0.261 e. The van der Waals surface area contributed by atoms with E-state index in [0.29, 0.717) is 11.8 Å². The molecule has 2 aliphatic carbocycles. The quantitative estimate of drug-likeness (QED) is 0.746. The van der Waals surface area contributed by atoms with Crippen molar-refractivity contribution in [2.45, 2.75) is 31.6 Å². The van der Waals surface area contributed by atoms with Crippen molar-refractivity contribution in [3.8, 4) is 17.2 Å². The summed E-state index contributed by atoms with van der Waals surface area (Å²) in [5.41, 5.74) is 0.862. The highest BCUT2D eigenvalue weighted by Gasteiger charge is 2.37. The van der Waals surface area contributed by atoms with Crippen LogP contribution in [0.15, 0.2) is 40.9 Å². The van der Waals surface area contributed by atoms with Gasteiger partial charge in [-0.25, -0.2) is 0 Å². The summed E-state index contributed by atoms with van der Waals surface area (Å²) >= 11 is 0. The third kappa shape index (κ3) is 3.29. The predicted octanol–water partition coefficient (Wildman–Crippen LogP) is 4.14. The number of likely N-dealkylation sites (tertiary alicyclic amines) is 1. The van der Waals surface area contributed by atoms with Crippen LogP contribution in [0.2, 0.25) is 0 Å². The Hall–Kier alpha value is -2.14. The van der Waals surface area contributed by atoms with E-state index in [-0.39, 0.29) is 0 Å². The molecule has 2 aromatic rings. The molecule has 3 atom stereocenters. The van der Waals surface area contributed by atoms with Crippen molar-refractivity contribution in [1.82, 2.24) is 15.0 Å². The first-order chi connectivity index (χ1) is 13.3. The van der Waals surface area contributed by atoms with Crippen molar-refractivity contribution in [2.24, 2.45) is 17.8 Å². The maximum atomic E-state index is 5.55. The number of fused-ring (bicyclic) bond motifs is 2. The third-order valence-electron chi connectivity index (χ3n) is 6.64. The Morgan fingerprint density at radius 1 is 1.15 bits per heavy atom. The Kier molecular flexibility index (Phi) is 4.48. The standard InChI is InChI=1S/C22H27N3O2/c1-26-20-5-3-2-4-19(20)22-23-21(24-27-22)16-8-10-25(11-9-16)14-18-13-15-6-7-17(18)12-15/h2-7,15-18H,8-14H2,1H3. The number of piperidine rings is 1. The maximum absolute atomic E-state index is 5.55. The lowest BCUT2D eigenvalue weighted by molar-refractivity contribution is 0.169. The van der Waals surface area contributed by atoms with Crippen LogP contribution in [0.4, 0.5) is 0 Å². The number of allylic oxidation sites excluding steroid dienone is 2. The Morgan fingerprint density at radius 3 is 2.74 bits per heavy atom. The molecule has 5 rings (SSSR count). The van der Waals surface area contributed by atoms with E-state index in [0.717, 1.165) is 60.8 Å². The van der Waals surface area contributed by atoms with E-state index in [1.165, 1.54) is 19.4 Å². The summed E-state index contributed by atoms with van der Waals surface area (Å²) in [6.45, 7) is 3.54. The number of nitrogens with zero attached hydrogens (tertiary/aromatic N) is 3. The Balaban J connectivity index is 1.20. The van der Waals surface area contributed by atoms with Gasteiger partial charge >= 0.3 is 0 Å². The van der Waals surface area contributed by atoms with Gasteiger partial charge in [0.2, 0.25) is 0 Å². The molecule has 1 saturated carbocycles. The first-order valence-electron chi connectivity index (χ1n) is 10.2. The van der Waals surface area contributed by atoms with Gasteiger partial charge in [-0.3, -0.25) is 0 Å². The number of para-hydroxylation sites is 1. The van der Waals surface area contributed by atoms with Crippen LogP contribution in [-0.4, -0.2) is 41.8 Å². The van der Waals surface area contributed by atoms with Crippen LogP contribution in [0.3, 0.4) is 0 Å². The van der Waals surface area contributed by atoms with Gasteiger partial charge in [0, 0.05) is 12.5 Å². The van der Waals surface area contributed by atoms with Crippen molar-refractivity contribution in [1.29, 1.82) is 0 Å². The molecule has 0 N–H and O–H groups in total. The van der Waals surface area contributed by atoms with Crippen LogP contribution in [0, 0.1) is 17.8 Å². The fraction of sp³-hybridized carbons (Fsp3) is 0.545. The minimum Gasteiger partial charge on any atom is -0.496 e. The largest absolute Gasteiger partial charge is 0.496 e. The Labute approximate surface area is 160 Å². The first-order valence-corrected chi connectivity index (χ1v) is 10.2. The summed E-state index contributed by atoms with van der Waals surface area (Å²) in [5.74, 6) is 5.14. The SMILES string of the molecule is COc1ccccc1-c1nc(C2CCN(CC3CC4C=CC3C4)CC2)no1. The van der Waals surface area contributed by atoms with Gasteiger partial charge in [0.25, 0.3) is 5.89 Å². The van der Waals surface area contributed by atoms with Crippen LogP contribution in [0.1, 0.15) is 37.4 Å². The molecule has 1 aliphatic heterocycles. The molecule has 5 heteroatoms. The van der Waals surface area contributed by atoms with E-state index < -0.39 is 0 Å². The third-order valence-corrected chi connectivity index (χ3v) is 6.64. The summed E-state index contributed by atoms with van der Waals surface area (Å²) in [5, 5.41) is 4.28. The van der Waals surface area contributed by atoms with Crippen molar-refractivity contribution in [2.75, 3.05) is 26.7 Å². The zero-order valence-electron chi connectivity index (χ0n) is 15.9. The average Bonchev–Trinajstić information content (AvgIpc) is 3.46. The van der Waals surface area contributed by atoms with Crippen LogP contribution in [0.25, 0.3) is 11.5 Å². The zero-order valence-corrected chi connectivity index (χ0v) is 15.9. The highest BCUT2D eigenvalue weighted by molar-refractivity contribution is 5.62. The van der Waals surface area contributed by atoms with Gasteiger partial charge in [-0.2, -0.15) is 4.98 Å². The molecular weight excluding hydrogens is 338 g/mol. The Morgan fingerprint density at radius 2 is 2.00 bits per heavy atom. The number of methoxy groups -OCH3 is 1. The molecule has 1 saturated heterocycles. The molecule has 0 radical (unpaired) electrons. The van der Waals surface area contributed by atoms with E-state index in [1.807, 2.05) is 24.3 Å². The van der Waals surface area contributed by atoms with Crippen molar-refractivity contribution in [3.63, 3.8) is 0 Å². The van der Waals surface area contributed by atoms with Gasteiger partial charge in [0.05, 0.1) is 12.7 Å². The molecule has 27 heavy (non-hydrogen) atoms. The topological polar surface area (TPSA) is 51.4 Å². The molecule has 5 nitrogen and oxygen atoms in total. The second-order valence-corrected chi connectivity index (χ2v) is 8.27. The lowest BCUT2D eigenvalue weighted by Crippen LogP contribution is -2.37. The van der Waals surface area contributed by atoms with Crippen molar-refractivity contribution >= 4 is 0 Å². The minimum atomic E-state index is 0.397. The first kappa shape index (κ1) is 17.0. The molecule has 0 amide bonds. The van der Waals surface area contributed by atoms with E-state index in [1.54, 1.807) is 7.11 Å². The fourth-order valence-electron chi connectivity index (χ4n) is 5.14. The normalized spacial score (nSPS) is 28.1. The van der Waals surface area contributed by atoms with Gasteiger partial charge in [-0.1, -0.05) is 29.4 Å². The summed E-state index contributed by atoms with van der Waals surface area (Å²) in [6, 6.07) is 7.79. The fourth-order valence-corrected chi connectivity index (χ4v) is 5.14. The number of hydrogen-bond acceptors (Lipinski definition) is 5. The summed E-state index contributed by atoms with van der Waals surface area (Å²) in [4.78, 5) is 7.34. The van der Waals surface area contributed by atoms with E-state index >= 15 is 0 Å². The predicted molar refractivity (Wildman–Crippen MR) is 104 cm³/mol. The van der Waals surface area contributed by atoms with E-state index in [2.05, 4.69) is 27.2 Å². The molecule has 142 valence electrons. The molecule has 1 aromatic carbocycles. The second-order valence-electron chi connectivity index (χ2n) is 8.27. The lowest BCUT2D eigenvalue weighted by Gasteiger charge is -2.33. The number of benzene rings is 1. The second kappa shape index (κ2) is 7.12. The van der Waals surface area contributed by atoms with Gasteiger partial charge in [-0.15, -0.1) is 0 Å². The van der Waals surface area contributed by atoms with Gasteiger partial charge < -0.3 is 14.2 Å². The van der Waals surface area contributed by atoms with Crippen LogP contribution in [-0.2, 0) is 0 Å². The molecule has 3 unspecified atom stereocenters. The highest BCUT2D eigenvalue weighted by Crippen LogP contribution is 2.44. The molecule has 2 bridgehead atoms. The lowest BCUT2D eigenvalue weighted by atomic mass is 9.90. The average molecular weight is 365 g/mol. The van der Waals surface area contributed by atoms with Crippen LogP contribution in [0.5, 0.6) is 5.75 Å². The summed E-state index contributed by atoms with van der Waals surface area (Å²) in [7, 11) is 1.66. The molecule has 2 fully saturated rings. The monoisotopic (exact) mass is 365 g/mol. The van der Waals surface area contributed by atoms with Gasteiger partial charge in [-0.05, 0) is 68.7 Å². The molecule has 2 heterocycles. The summed E-state index contributed by atoms with van der Waals surface area (Å²) < 4.78 is 11.0. The van der Waals surface area contributed by atoms with Crippen molar-refractivity contribution < 1.29 is 9.26 Å². The number of rotatable bonds is 5. The molecule has 3 aliphatic rings. The molecular formula is C22H27N3O2. The molecule has 1 aromatic heterocycles. The highest BCUT2D eigenvalue weighted by atomic mass is 16.5. The van der Waals surface area contributed by atoms with Crippen LogP contribution < -0.4 is 4.74 Å². The molecule has 0 spiro atoms. The van der Waals surface area contributed by atoms with Gasteiger partial charge in [0.1, 0.15) is 5.75 Å². The van der Waals surface area contributed by atoms with Crippen molar-refractivity contribution in [3.05, 3.63) is 42.2 Å². The summed E-state index contributed by atoms with van der Waals surface area (Å²) in [6.07, 6.45) is 9.92. The van der Waals surface area contributed by atoms with E-state index in [4.69, 9.17) is 9.26 Å². The number of hydrogen-bond donors (Lipinski definition) is 0. The Bertz CT molecular complexity index is 822. The zero-order chi connectivity index (χ0) is 18.2. The van der Waals surface area contributed by atoms with Gasteiger partial charge in [0.15, 0.2) is 5.82 Å². The smallest absolute Gasteiger partial charge is 0.261 e. The number of ether oxygens (including phenoxy) is 1. The van der Waals surface area contributed by atoms with Crippen LogP contribution >= 0.6 is 0 Å².